The van der Waals surface area contributed by atoms with E-state index in [0.717, 1.165) is 37.3 Å². The van der Waals surface area contributed by atoms with E-state index in [-0.39, 0.29) is 6.10 Å². The van der Waals surface area contributed by atoms with Gasteiger partial charge in [0.25, 0.3) is 0 Å². The van der Waals surface area contributed by atoms with Crippen molar-refractivity contribution in [1.29, 1.82) is 0 Å². The van der Waals surface area contributed by atoms with Gasteiger partial charge in [0.2, 0.25) is 0 Å². The highest BCUT2D eigenvalue weighted by Crippen LogP contribution is 2.17. The van der Waals surface area contributed by atoms with Crippen molar-refractivity contribution in [3.63, 3.8) is 0 Å². The van der Waals surface area contributed by atoms with Crippen LogP contribution in [0.1, 0.15) is 67.2 Å². The average molecular weight is 414 g/mol. The number of aliphatic imine (C=N–C) groups is 1. The van der Waals surface area contributed by atoms with Crippen LogP contribution in [0.3, 0.4) is 0 Å². The van der Waals surface area contributed by atoms with Crippen LogP contribution in [-0.2, 0) is 0 Å². The lowest BCUT2D eigenvalue weighted by Gasteiger charge is -2.14. The standard InChI is InChI=1S/C11H14N2O.C9H15N.C4H8.C2H6/c1-9(11-12-7-8-13-11)14-10-5-3-2-4-6-10;1-2-3-8-10-9-6-4-5-7-9;1-3-4-2;1-2/h2-6,9H,7-8H2,1H3,(H,12,13);9-10H,4-8H2,1H3;3-4H,1-2H3;1-2H3/b;;4-3-;. The van der Waals surface area contributed by atoms with Crippen molar-refractivity contribution in [3.05, 3.63) is 42.5 Å². The number of hydrogen-bond donors (Lipinski definition) is 2. The fourth-order valence-electron chi connectivity index (χ4n) is 2.86. The zero-order valence-electron chi connectivity index (χ0n) is 20.0. The summed E-state index contributed by atoms with van der Waals surface area (Å²) in [5.74, 6) is 7.73. The van der Waals surface area contributed by atoms with E-state index in [1.54, 1.807) is 0 Å². The van der Waals surface area contributed by atoms with Crippen LogP contribution in [0.2, 0.25) is 0 Å². The average Bonchev–Trinajstić information content (AvgIpc) is 3.51. The Morgan fingerprint density at radius 3 is 2.30 bits per heavy atom. The molecule has 0 aromatic heterocycles. The number of benzene rings is 1. The fourth-order valence-corrected chi connectivity index (χ4v) is 2.86. The molecular weight excluding hydrogens is 370 g/mol. The van der Waals surface area contributed by atoms with Crippen LogP contribution in [0.25, 0.3) is 0 Å². The van der Waals surface area contributed by atoms with Crippen molar-refractivity contribution in [2.24, 2.45) is 4.99 Å². The number of nitrogens with one attached hydrogen (secondary N) is 2. The second-order valence-corrected chi connectivity index (χ2v) is 6.72. The molecule has 1 unspecified atom stereocenters. The molecule has 4 nitrogen and oxygen atoms in total. The topological polar surface area (TPSA) is 45.6 Å². The van der Waals surface area contributed by atoms with E-state index in [0.29, 0.717) is 0 Å². The van der Waals surface area contributed by atoms with Gasteiger partial charge >= 0.3 is 0 Å². The molecule has 1 aromatic rings. The minimum absolute atomic E-state index is 0.0138. The molecule has 1 heterocycles. The molecule has 2 N–H and O–H groups in total. The summed E-state index contributed by atoms with van der Waals surface area (Å²) in [5, 5.41) is 6.61. The minimum Gasteiger partial charge on any atom is -0.483 e. The monoisotopic (exact) mass is 413 g/mol. The first-order chi connectivity index (χ1) is 14.7. The summed E-state index contributed by atoms with van der Waals surface area (Å²) in [6, 6.07) is 10.6. The number of ether oxygens (including phenoxy) is 1. The molecule has 1 aliphatic heterocycles. The van der Waals surface area contributed by atoms with E-state index in [2.05, 4.69) is 27.5 Å². The van der Waals surface area contributed by atoms with E-state index >= 15 is 0 Å². The van der Waals surface area contributed by atoms with Crippen LogP contribution < -0.4 is 15.4 Å². The fraction of sp³-hybridized carbons (Fsp3) is 0.577. The zero-order valence-corrected chi connectivity index (χ0v) is 20.0. The summed E-state index contributed by atoms with van der Waals surface area (Å²) >= 11 is 0. The van der Waals surface area contributed by atoms with Crippen molar-refractivity contribution in [1.82, 2.24) is 10.6 Å². The third-order valence-electron chi connectivity index (χ3n) is 4.49. The summed E-state index contributed by atoms with van der Waals surface area (Å²) in [6.07, 6.45) is 9.52. The second-order valence-electron chi connectivity index (χ2n) is 6.72. The summed E-state index contributed by atoms with van der Waals surface area (Å²) in [4.78, 5) is 4.31. The first-order valence-corrected chi connectivity index (χ1v) is 11.4. The van der Waals surface area contributed by atoms with Crippen molar-refractivity contribution in [2.75, 3.05) is 19.6 Å². The third-order valence-corrected chi connectivity index (χ3v) is 4.49. The minimum atomic E-state index is 0.0138. The number of allylic oxidation sites excluding steroid dienone is 2. The molecule has 1 aromatic carbocycles. The van der Waals surface area contributed by atoms with E-state index in [9.17, 15) is 0 Å². The maximum atomic E-state index is 5.70. The third kappa shape index (κ3) is 13.8. The maximum absolute atomic E-state index is 5.70. The van der Waals surface area contributed by atoms with Crippen LogP contribution in [0, 0.1) is 11.8 Å². The van der Waals surface area contributed by atoms with Crippen molar-refractivity contribution in [3.8, 4) is 17.6 Å². The normalized spacial score (nSPS) is 15.6. The van der Waals surface area contributed by atoms with Crippen LogP contribution in [0.4, 0.5) is 0 Å². The Labute approximate surface area is 185 Å². The molecule has 0 amide bonds. The Hall–Kier alpha value is -2.25. The van der Waals surface area contributed by atoms with Gasteiger partial charge in [0, 0.05) is 12.6 Å². The summed E-state index contributed by atoms with van der Waals surface area (Å²) in [5.41, 5.74) is 0. The lowest BCUT2D eigenvalue weighted by molar-refractivity contribution is 0.284. The Bertz CT molecular complexity index is 619. The van der Waals surface area contributed by atoms with E-state index in [4.69, 9.17) is 4.74 Å². The SMILES string of the molecule is C/C=C\C.CC.CC#CCNC1CCCC1.CC(Oc1ccccc1)C1=NCCN1. The van der Waals surface area contributed by atoms with Gasteiger partial charge in [0.1, 0.15) is 11.6 Å². The number of nitrogens with zero attached hydrogens (tertiary/aromatic N) is 1. The van der Waals surface area contributed by atoms with Crippen molar-refractivity contribution < 1.29 is 4.74 Å². The van der Waals surface area contributed by atoms with Gasteiger partial charge in [-0.3, -0.25) is 4.99 Å². The summed E-state index contributed by atoms with van der Waals surface area (Å²) in [7, 11) is 0. The molecule has 1 fully saturated rings. The van der Waals surface area contributed by atoms with Gasteiger partial charge in [-0.05, 0) is 52.7 Å². The van der Waals surface area contributed by atoms with Gasteiger partial charge in [0.15, 0.2) is 6.10 Å². The molecule has 2 aliphatic rings. The van der Waals surface area contributed by atoms with Gasteiger partial charge in [-0.25, -0.2) is 0 Å². The molecular formula is C26H43N3O. The number of rotatable bonds is 5. The smallest absolute Gasteiger partial charge is 0.152 e. The predicted molar refractivity (Wildman–Crippen MR) is 132 cm³/mol. The molecule has 0 radical (unpaired) electrons. The molecule has 3 rings (SSSR count). The van der Waals surface area contributed by atoms with Crippen LogP contribution in [0.5, 0.6) is 5.75 Å². The molecule has 0 saturated heterocycles. The highest BCUT2D eigenvalue weighted by molar-refractivity contribution is 5.87. The van der Waals surface area contributed by atoms with Crippen LogP contribution >= 0.6 is 0 Å². The molecule has 4 heteroatoms. The van der Waals surface area contributed by atoms with Gasteiger partial charge in [-0.2, -0.15) is 0 Å². The predicted octanol–water partition coefficient (Wildman–Crippen LogP) is 5.61. The summed E-state index contributed by atoms with van der Waals surface area (Å²) in [6.45, 7) is 14.6. The van der Waals surface area contributed by atoms with E-state index in [1.807, 2.05) is 84.0 Å². The van der Waals surface area contributed by atoms with E-state index in [1.165, 1.54) is 25.7 Å². The van der Waals surface area contributed by atoms with Crippen LogP contribution in [0.15, 0.2) is 47.5 Å². The quantitative estimate of drug-likeness (QED) is 0.487. The largest absolute Gasteiger partial charge is 0.483 e. The van der Waals surface area contributed by atoms with Crippen molar-refractivity contribution in [2.45, 2.75) is 79.4 Å². The molecule has 0 spiro atoms. The Kier molecular flexibility index (Phi) is 18.5. The second kappa shape index (κ2) is 20.0. The lowest BCUT2D eigenvalue weighted by Crippen LogP contribution is -2.33. The highest BCUT2D eigenvalue weighted by atomic mass is 16.5. The number of hydrogen-bond acceptors (Lipinski definition) is 4. The Balaban J connectivity index is 0.000000461. The Morgan fingerprint density at radius 1 is 1.17 bits per heavy atom. The molecule has 30 heavy (non-hydrogen) atoms. The maximum Gasteiger partial charge on any atom is 0.152 e. The van der Waals surface area contributed by atoms with Gasteiger partial charge < -0.3 is 15.4 Å². The molecule has 168 valence electrons. The summed E-state index contributed by atoms with van der Waals surface area (Å²) < 4.78 is 5.70. The lowest BCUT2D eigenvalue weighted by atomic mass is 10.2. The zero-order chi connectivity index (χ0) is 22.5. The Morgan fingerprint density at radius 2 is 1.80 bits per heavy atom. The molecule has 1 saturated carbocycles. The first-order valence-electron chi connectivity index (χ1n) is 11.4. The van der Waals surface area contributed by atoms with Gasteiger partial charge in [-0.1, -0.05) is 63.0 Å². The van der Waals surface area contributed by atoms with Crippen molar-refractivity contribution >= 4 is 5.84 Å². The van der Waals surface area contributed by atoms with E-state index < -0.39 is 0 Å². The van der Waals surface area contributed by atoms with Gasteiger partial charge in [0.05, 0.1) is 13.1 Å². The first kappa shape index (κ1) is 27.8. The van der Waals surface area contributed by atoms with Gasteiger partial charge in [-0.15, -0.1) is 5.92 Å². The molecule has 0 bridgehead atoms. The molecule has 1 aliphatic carbocycles. The molecule has 1 atom stereocenters. The van der Waals surface area contributed by atoms with Crippen LogP contribution in [-0.4, -0.2) is 37.6 Å². The number of amidine groups is 1. The highest BCUT2D eigenvalue weighted by Gasteiger charge is 2.14. The number of para-hydroxylation sites is 1.